The molecule has 1 aromatic rings. The fourth-order valence-electron chi connectivity index (χ4n) is 2.95. The molecule has 0 spiro atoms. The maximum Gasteiger partial charge on any atom is 0.132 e. The van der Waals surface area contributed by atoms with Crippen LogP contribution in [0, 0.1) is 5.41 Å². The first kappa shape index (κ1) is 14.8. The molecule has 3 nitrogen and oxygen atoms in total. The Morgan fingerprint density at radius 1 is 1.26 bits per heavy atom. The van der Waals surface area contributed by atoms with Gasteiger partial charge in [0.2, 0.25) is 0 Å². The van der Waals surface area contributed by atoms with E-state index < -0.39 is 0 Å². The largest absolute Gasteiger partial charge is 0.369 e. The van der Waals surface area contributed by atoms with Crippen molar-refractivity contribution < 1.29 is 0 Å². The molecule has 19 heavy (non-hydrogen) atoms. The molecule has 1 heterocycles. The van der Waals surface area contributed by atoms with E-state index in [1.165, 1.54) is 32.1 Å². The lowest BCUT2D eigenvalue weighted by Crippen LogP contribution is -2.26. The number of aryl methyl sites for hydroxylation is 1. The number of hydrogen-bond acceptors (Lipinski definition) is 3. The van der Waals surface area contributed by atoms with Crippen LogP contribution in [0.15, 0.2) is 10.7 Å². The van der Waals surface area contributed by atoms with Gasteiger partial charge in [-0.1, -0.05) is 26.7 Å². The highest BCUT2D eigenvalue weighted by molar-refractivity contribution is 9.10. The lowest BCUT2D eigenvalue weighted by atomic mass is 9.83. The Morgan fingerprint density at radius 3 is 2.63 bits per heavy atom. The molecule has 1 aromatic heterocycles. The summed E-state index contributed by atoms with van der Waals surface area (Å²) >= 11 is 3.48. The molecule has 0 atom stereocenters. The van der Waals surface area contributed by atoms with Crippen LogP contribution in [0.2, 0.25) is 0 Å². The first-order valence-electron chi connectivity index (χ1n) is 7.45. The number of nitrogens with one attached hydrogen (secondary N) is 1. The van der Waals surface area contributed by atoms with E-state index in [9.17, 15) is 0 Å². The van der Waals surface area contributed by atoms with Crippen LogP contribution in [-0.2, 0) is 6.42 Å². The minimum atomic E-state index is 0.488. The van der Waals surface area contributed by atoms with Crippen molar-refractivity contribution in [2.24, 2.45) is 5.41 Å². The Morgan fingerprint density at radius 2 is 2.00 bits per heavy atom. The molecule has 1 aliphatic carbocycles. The van der Waals surface area contributed by atoms with Gasteiger partial charge in [0.15, 0.2) is 0 Å². The lowest BCUT2D eigenvalue weighted by Gasteiger charge is -2.28. The average Bonchev–Trinajstić information content (AvgIpc) is 2.86. The van der Waals surface area contributed by atoms with Gasteiger partial charge < -0.3 is 5.32 Å². The number of hydrogen-bond donors (Lipinski definition) is 1. The van der Waals surface area contributed by atoms with Crippen LogP contribution in [0.4, 0.5) is 5.82 Å². The lowest BCUT2D eigenvalue weighted by molar-refractivity contribution is 0.306. The normalized spacial score (nSPS) is 17.6. The maximum absolute atomic E-state index is 4.60. The van der Waals surface area contributed by atoms with Gasteiger partial charge in [0.25, 0.3) is 0 Å². The Labute approximate surface area is 124 Å². The first-order valence-corrected chi connectivity index (χ1v) is 8.24. The van der Waals surface area contributed by atoms with E-state index in [0.29, 0.717) is 5.41 Å². The van der Waals surface area contributed by atoms with Crippen molar-refractivity contribution in [1.29, 1.82) is 0 Å². The Kier molecular flexibility index (Phi) is 5.20. The van der Waals surface area contributed by atoms with Gasteiger partial charge in [0, 0.05) is 19.0 Å². The predicted molar refractivity (Wildman–Crippen MR) is 83.4 cm³/mol. The second-order valence-corrected chi connectivity index (χ2v) is 6.47. The van der Waals surface area contributed by atoms with Crippen molar-refractivity contribution in [2.75, 3.05) is 11.9 Å². The van der Waals surface area contributed by atoms with Crippen LogP contribution in [0.1, 0.15) is 58.2 Å². The van der Waals surface area contributed by atoms with E-state index in [4.69, 9.17) is 0 Å². The highest BCUT2D eigenvalue weighted by Gasteiger charge is 2.31. The average molecular weight is 326 g/mol. The molecule has 2 rings (SSSR count). The zero-order valence-electron chi connectivity index (χ0n) is 12.0. The third kappa shape index (κ3) is 3.91. The SMILES string of the molecule is CCCc1nc(Br)cc(NCC2(CC)CCCC2)n1. The zero-order chi connectivity index (χ0) is 13.7. The van der Waals surface area contributed by atoms with Crippen LogP contribution in [0.25, 0.3) is 0 Å². The van der Waals surface area contributed by atoms with Gasteiger partial charge in [0.05, 0.1) is 0 Å². The Balaban J connectivity index is 2.02. The maximum atomic E-state index is 4.60. The fourth-order valence-corrected chi connectivity index (χ4v) is 3.37. The third-order valence-electron chi connectivity index (χ3n) is 4.27. The topological polar surface area (TPSA) is 37.8 Å². The molecule has 0 aliphatic heterocycles. The van der Waals surface area contributed by atoms with Crippen molar-refractivity contribution in [3.63, 3.8) is 0 Å². The van der Waals surface area contributed by atoms with Crippen LogP contribution < -0.4 is 5.32 Å². The minimum Gasteiger partial charge on any atom is -0.369 e. The van der Waals surface area contributed by atoms with Crippen LogP contribution >= 0.6 is 15.9 Å². The summed E-state index contributed by atoms with van der Waals surface area (Å²) in [6, 6.07) is 1.98. The highest BCUT2D eigenvalue weighted by Crippen LogP contribution is 2.40. The van der Waals surface area contributed by atoms with Crippen molar-refractivity contribution in [1.82, 2.24) is 9.97 Å². The summed E-state index contributed by atoms with van der Waals surface area (Å²) in [6.45, 7) is 5.51. The highest BCUT2D eigenvalue weighted by atomic mass is 79.9. The van der Waals surface area contributed by atoms with Gasteiger partial charge in [-0.3, -0.25) is 0 Å². The second kappa shape index (κ2) is 6.69. The summed E-state index contributed by atoms with van der Waals surface area (Å²) in [5, 5.41) is 3.54. The van der Waals surface area contributed by atoms with E-state index in [1.54, 1.807) is 0 Å². The number of halogens is 1. The molecule has 106 valence electrons. The standard InChI is InChI=1S/C15H24BrN3/c1-3-7-13-18-12(16)10-14(19-13)17-11-15(4-2)8-5-6-9-15/h10H,3-9,11H2,1-2H3,(H,17,18,19). The summed E-state index contributed by atoms with van der Waals surface area (Å²) in [4.78, 5) is 9.00. The molecule has 0 amide bonds. The van der Waals surface area contributed by atoms with E-state index in [2.05, 4.69) is 45.1 Å². The fraction of sp³-hybridized carbons (Fsp3) is 0.733. The molecule has 1 N–H and O–H groups in total. The summed E-state index contributed by atoms with van der Waals surface area (Å²) in [7, 11) is 0. The molecule has 0 unspecified atom stereocenters. The van der Waals surface area contributed by atoms with Gasteiger partial charge in [-0.2, -0.15) is 0 Å². The van der Waals surface area contributed by atoms with E-state index in [0.717, 1.165) is 35.6 Å². The number of rotatable bonds is 6. The number of aromatic nitrogens is 2. The van der Waals surface area contributed by atoms with Crippen LogP contribution in [0.3, 0.4) is 0 Å². The summed E-state index contributed by atoms with van der Waals surface area (Å²) in [5.41, 5.74) is 0.488. The van der Waals surface area contributed by atoms with Crippen molar-refractivity contribution in [3.8, 4) is 0 Å². The molecule has 0 aromatic carbocycles. The summed E-state index contributed by atoms with van der Waals surface area (Å²) in [5.74, 6) is 1.89. The van der Waals surface area contributed by atoms with E-state index >= 15 is 0 Å². The summed E-state index contributed by atoms with van der Waals surface area (Å²) in [6.07, 6.45) is 8.74. The molecule has 1 aliphatic rings. The molecular weight excluding hydrogens is 302 g/mol. The molecular formula is C15H24BrN3. The van der Waals surface area contributed by atoms with Crippen molar-refractivity contribution >= 4 is 21.7 Å². The smallest absolute Gasteiger partial charge is 0.132 e. The molecule has 1 fully saturated rings. The molecule has 0 bridgehead atoms. The Bertz CT molecular complexity index is 414. The van der Waals surface area contributed by atoms with Crippen molar-refractivity contribution in [2.45, 2.75) is 58.8 Å². The third-order valence-corrected chi connectivity index (χ3v) is 4.68. The Hall–Kier alpha value is -0.640. The van der Waals surface area contributed by atoms with Gasteiger partial charge in [0.1, 0.15) is 16.2 Å². The van der Waals surface area contributed by atoms with E-state index in [1.807, 2.05) is 6.07 Å². The molecule has 0 radical (unpaired) electrons. The van der Waals surface area contributed by atoms with E-state index in [-0.39, 0.29) is 0 Å². The monoisotopic (exact) mass is 325 g/mol. The van der Waals surface area contributed by atoms with Gasteiger partial charge in [-0.25, -0.2) is 9.97 Å². The van der Waals surface area contributed by atoms with Gasteiger partial charge in [-0.05, 0) is 47.0 Å². The second-order valence-electron chi connectivity index (χ2n) is 5.66. The molecule has 4 heteroatoms. The molecule has 0 saturated heterocycles. The number of anilines is 1. The quantitative estimate of drug-likeness (QED) is 0.778. The van der Waals surface area contributed by atoms with Gasteiger partial charge >= 0.3 is 0 Å². The zero-order valence-corrected chi connectivity index (χ0v) is 13.6. The first-order chi connectivity index (χ1) is 9.17. The minimum absolute atomic E-state index is 0.488. The number of nitrogens with zero attached hydrogens (tertiary/aromatic N) is 2. The summed E-state index contributed by atoms with van der Waals surface area (Å²) < 4.78 is 0.880. The molecule has 1 saturated carbocycles. The van der Waals surface area contributed by atoms with Crippen molar-refractivity contribution in [3.05, 3.63) is 16.5 Å². The van der Waals surface area contributed by atoms with Crippen LogP contribution in [0.5, 0.6) is 0 Å². The predicted octanol–water partition coefficient (Wildman–Crippen LogP) is 4.57. The van der Waals surface area contributed by atoms with Crippen LogP contribution in [-0.4, -0.2) is 16.5 Å². The van der Waals surface area contributed by atoms with Gasteiger partial charge in [-0.15, -0.1) is 0 Å².